The second-order valence-electron chi connectivity index (χ2n) is 3.55. The van der Waals surface area contributed by atoms with Gasteiger partial charge in [-0.15, -0.1) is 11.8 Å². The topological polar surface area (TPSA) is 21.3 Å². The first-order chi connectivity index (χ1) is 7.42. The van der Waals surface area contributed by atoms with Gasteiger partial charge in [0.2, 0.25) is 0 Å². The fraction of sp³-hybridized carbons (Fsp3) is 0.500. The van der Waals surface area contributed by atoms with Crippen LogP contribution in [0.4, 0.5) is 0 Å². The van der Waals surface area contributed by atoms with Crippen molar-refractivity contribution in [2.24, 2.45) is 0 Å². The van der Waals surface area contributed by atoms with Crippen LogP contribution < -0.4 is 5.32 Å². The highest BCUT2D eigenvalue weighted by atomic mass is 32.2. The zero-order chi connectivity index (χ0) is 10.5. The summed E-state index contributed by atoms with van der Waals surface area (Å²) in [7, 11) is 0. The van der Waals surface area contributed by atoms with Crippen LogP contribution in [-0.4, -0.2) is 25.5 Å². The van der Waals surface area contributed by atoms with Gasteiger partial charge in [-0.25, -0.2) is 0 Å². The quantitative estimate of drug-likeness (QED) is 0.775. The highest BCUT2D eigenvalue weighted by Crippen LogP contribution is 2.37. The SMILES string of the molecule is CCOCCNC1CSc2ccccc21. The number of rotatable bonds is 5. The maximum Gasteiger partial charge on any atom is 0.0590 e. The molecule has 1 aromatic carbocycles. The molecule has 0 amide bonds. The van der Waals surface area contributed by atoms with Gasteiger partial charge in [0.15, 0.2) is 0 Å². The van der Waals surface area contributed by atoms with Crippen LogP contribution in [0.2, 0.25) is 0 Å². The summed E-state index contributed by atoms with van der Waals surface area (Å²) in [5, 5.41) is 3.53. The molecular formula is C12H17NOS. The molecule has 0 radical (unpaired) electrons. The lowest BCUT2D eigenvalue weighted by Gasteiger charge is -2.12. The smallest absolute Gasteiger partial charge is 0.0590 e. The first-order valence-corrected chi connectivity index (χ1v) is 6.43. The average molecular weight is 223 g/mol. The lowest BCUT2D eigenvalue weighted by molar-refractivity contribution is 0.147. The molecule has 3 heteroatoms. The van der Waals surface area contributed by atoms with E-state index in [-0.39, 0.29) is 0 Å². The van der Waals surface area contributed by atoms with Crippen LogP contribution in [0.15, 0.2) is 29.2 Å². The Morgan fingerprint density at radius 1 is 1.47 bits per heavy atom. The number of hydrogen-bond acceptors (Lipinski definition) is 3. The van der Waals surface area contributed by atoms with Gasteiger partial charge in [-0.2, -0.15) is 0 Å². The van der Waals surface area contributed by atoms with Crippen molar-refractivity contribution in [2.45, 2.75) is 17.9 Å². The molecule has 0 saturated carbocycles. The Hall–Kier alpha value is -0.510. The molecule has 0 saturated heterocycles. The molecule has 0 bridgehead atoms. The van der Waals surface area contributed by atoms with Crippen molar-refractivity contribution in [3.8, 4) is 0 Å². The molecule has 2 rings (SSSR count). The van der Waals surface area contributed by atoms with Gasteiger partial charge in [-0.05, 0) is 18.6 Å². The Balaban J connectivity index is 1.85. The molecule has 0 aromatic heterocycles. The van der Waals surface area contributed by atoms with Gasteiger partial charge < -0.3 is 10.1 Å². The van der Waals surface area contributed by atoms with Crippen LogP contribution in [0.3, 0.4) is 0 Å². The first kappa shape index (κ1) is 11.0. The number of fused-ring (bicyclic) bond motifs is 1. The first-order valence-electron chi connectivity index (χ1n) is 5.44. The molecule has 1 N–H and O–H groups in total. The Labute approximate surface area is 95.4 Å². The average Bonchev–Trinajstić information content (AvgIpc) is 2.68. The highest BCUT2D eigenvalue weighted by Gasteiger charge is 2.21. The molecule has 2 nitrogen and oxygen atoms in total. The van der Waals surface area contributed by atoms with Crippen LogP contribution >= 0.6 is 11.8 Å². The third-order valence-electron chi connectivity index (χ3n) is 2.54. The summed E-state index contributed by atoms with van der Waals surface area (Å²) in [6, 6.07) is 9.14. The third-order valence-corrected chi connectivity index (χ3v) is 3.72. The molecule has 1 aliphatic rings. The monoisotopic (exact) mass is 223 g/mol. The number of thioether (sulfide) groups is 1. The second kappa shape index (κ2) is 5.54. The van der Waals surface area contributed by atoms with Gasteiger partial charge in [0.1, 0.15) is 0 Å². The molecular weight excluding hydrogens is 206 g/mol. The van der Waals surface area contributed by atoms with Crippen molar-refractivity contribution in [1.29, 1.82) is 0 Å². The molecule has 1 heterocycles. The zero-order valence-electron chi connectivity index (χ0n) is 9.03. The predicted octanol–water partition coefficient (Wildman–Crippen LogP) is 2.46. The summed E-state index contributed by atoms with van der Waals surface area (Å²) < 4.78 is 5.31. The van der Waals surface area contributed by atoms with E-state index in [2.05, 4.69) is 29.6 Å². The van der Waals surface area contributed by atoms with Gasteiger partial charge in [0.25, 0.3) is 0 Å². The van der Waals surface area contributed by atoms with Gasteiger partial charge in [0, 0.05) is 29.8 Å². The predicted molar refractivity (Wildman–Crippen MR) is 64.4 cm³/mol. The second-order valence-corrected chi connectivity index (χ2v) is 4.61. The summed E-state index contributed by atoms with van der Waals surface area (Å²) in [5.74, 6) is 1.14. The Kier molecular flexibility index (Phi) is 4.06. The summed E-state index contributed by atoms with van der Waals surface area (Å²) in [4.78, 5) is 1.42. The molecule has 0 fully saturated rings. The lowest BCUT2D eigenvalue weighted by atomic mass is 10.1. The third kappa shape index (κ3) is 2.74. The van der Waals surface area contributed by atoms with E-state index in [9.17, 15) is 0 Å². The summed E-state index contributed by atoms with van der Waals surface area (Å²) in [5.41, 5.74) is 1.44. The van der Waals surface area contributed by atoms with Crippen molar-refractivity contribution in [3.05, 3.63) is 29.8 Å². The Morgan fingerprint density at radius 2 is 2.33 bits per heavy atom. The van der Waals surface area contributed by atoms with E-state index < -0.39 is 0 Å². The minimum Gasteiger partial charge on any atom is -0.380 e. The van der Waals surface area contributed by atoms with Crippen LogP contribution in [0, 0.1) is 0 Å². The number of hydrogen-bond donors (Lipinski definition) is 1. The molecule has 82 valence electrons. The fourth-order valence-electron chi connectivity index (χ4n) is 1.78. The standard InChI is InChI=1S/C12H17NOS/c1-2-14-8-7-13-11-9-15-12-6-4-3-5-10(11)12/h3-6,11,13H,2,7-9H2,1H3. The maximum absolute atomic E-state index is 5.31. The molecule has 1 aromatic rings. The van der Waals surface area contributed by atoms with E-state index in [0.29, 0.717) is 6.04 Å². The minimum atomic E-state index is 0.506. The molecule has 15 heavy (non-hydrogen) atoms. The molecule has 0 spiro atoms. The largest absolute Gasteiger partial charge is 0.380 e. The van der Waals surface area contributed by atoms with E-state index in [1.165, 1.54) is 10.5 Å². The number of ether oxygens (including phenoxy) is 1. The number of benzene rings is 1. The van der Waals surface area contributed by atoms with Gasteiger partial charge >= 0.3 is 0 Å². The van der Waals surface area contributed by atoms with Crippen molar-refractivity contribution >= 4 is 11.8 Å². The normalized spacial score (nSPS) is 19.1. The van der Waals surface area contributed by atoms with E-state index in [0.717, 1.165) is 25.5 Å². The molecule has 0 aliphatic carbocycles. The maximum atomic E-state index is 5.31. The minimum absolute atomic E-state index is 0.506. The van der Waals surface area contributed by atoms with Gasteiger partial charge in [0.05, 0.1) is 6.61 Å². The van der Waals surface area contributed by atoms with E-state index >= 15 is 0 Å². The van der Waals surface area contributed by atoms with Crippen LogP contribution in [0.5, 0.6) is 0 Å². The summed E-state index contributed by atoms with van der Waals surface area (Å²) in [6.45, 7) is 4.58. The van der Waals surface area contributed by atoms with E-state index in [1.54, 1.807) is 0 Å². The number of nitrogens with one attached hydrogen (secondary N) is 1. The lowest BCUT2D eigenvalue weighted by Crippen LogP contribution is -2.25. The molecule has 1 aliphatic heterocycles. The Bertz CT molecular complexity index is 316. The van der Waals surface area contributed by atoms with Crippen molar-refractivity contribution < 1.29 is 4.74 Å². The van der Waals surface area contributed by atoms with Crippen molar-refractivity contribution in [1.82, 2.24) is 5.32 Å². The molecule has 1 atom stereocenters. The summed E-state index contributed by atoms with van der Waals surface area (Å²) in [6.07, 6.45) is 0. The van der Waals surface area contributed by atoms with E-state index in [4.69, 9.17) is 4.74 Å². The van der Waals surface area contributed by atoms with E-state index in [1.807, 2.05) is 18.7 Å². The Morgan fingerprint density at radius 3 is 3.20 bits per heavy atom. The fourth-order valence-corrected chi connectivity index (χ4v) is 2.98. The van der Waals surface area contributed by atoms with Crippen molar-refractivity contribution in [2.75, 3.05) is 25.5 Å². The molecule has 1 unspecified atom stereocenters. The summed E-state index contributed by atoms with van der Waals surface area (Å²) >= 11 is 1.94. The van der Waals surface area contributed by atoms with Crippen molar-refractivity contribution in [3.63, 3.8) is 0 Å². The zero-order valence-corrected chi connectivity index (χ0v) is 9.85. The van der Waals surface area contributed by atoms with Gasteiger partial charge in [-0.3, -0.25) is 0 Å². The van der Waals surface area contributed by atoms with Gasteiger partial charge in [-0.1, -0.05) is 18.2 Å². The van der Waals surface area contributed by atoms with Crippen LogP contribution in [-0.2, 0) is 4.74 Å². The van der Waals surface area contributed by atoms with Crippen LogP contribution in [0.1, 0.15) is 18.5 Å². The highest BCUT2D eigenvalue weighted by molar-refractivity contribution is 7.99. The van der Waals surface area contributed by atoms with Crippen LogP contribution in [0.25, 0.3) is 0 Å².